The highest BCUT2D eigenvalue weighted by atomic mass is 19.4. The Morgan fingerprint density at radius 2 is 1.36 bits per heavy atom. The van der Waals surface area contributed by atoms with E-state index in [1.54, 1.807) is 0 Å². The second-order valence-electron chi connectivity index (χ2n) is 1.54. The molecule has 1 atom stereocenters. The Kier molecular flexibility index (Phi) is 2.70. The molecule has 0 aliphatic carbocycles. The molecular weight excluding hydrogens is 185 g/mol. The van der Waals surface area contributed by atoms with Crippen molar-refractivity contribution in [1.82, 2.24) is 0 Å². The fraction of sp³-hybridized carbons (Fsp3) is 1.00. The lowest BCUT2D eigenvalue weighted by molar-refractivity contribution is -0.406. The smallest absolute Gasteiger partial charge is 0.227 e. The van der Waals surface area contributed by atoms with Gasteiger partial charge in [-0.1, -0.05) is 0 Å². The number of rotatable bonds is 2. The van der Waals surface area contributed by atoms with Gasteiger partial charge < -0.3 is 0 Å². The van der Waals surface area contributed by atoms with Crippen LogP contribution >= 0.6 is 0 Å². The molecule has 8 heteroatoms. The van der Waals surface area contributed by atoms with E-state index in [4.69, 9.17) is 0 Å². The van der Waals surface area contributed by atoms with Crippen LogP contribution < -0.4 is 0 Å². The summed E-state index contributed by atoms with van der Waals surface area (Å²) in [6, 6.07) is 0. The second kappa shape index (κ2) is 2.84. The standard InChI is InChI=1S/C3HF7O/c4-1(2(5,6)7)3(8,9)11-10/h1H. The van der Waals surface area contributed by atoms with Gasteiger partial charge in [-0.3, -0.25) is 0 Å². The lowest BCUT2D eigenvalue weighted by Crippen LogP contribution is -2.42. The van der Waals surface area contributed by atoms with Gasteiger partial charge in [-0.15, -0.1) is 4.94 Å². The summed E-state index contributed by atoms with van der Waals surface area (Å²) >= 11 is 0. The first kappa shape index (κ1) is 10.5. The van der Waals surface area contributed by atoms with Crippen molar-refractivity contribution >= 4 is 0 Å². The number of halogens is 7. The highest BCUT2D eigenvalue weighted by Gasteiger charge is 2.59. The zero-order valence-electron chi connectivity index (χ0n) is 4.63. The van der Waals surface area contributed by atoms with Gasteiger partial charge in [-0.05, 0) is 4.53 Å². The SMILES string of the molecule is FOC(F)(F)C(F)C(F)(F)F. The first-order valence-electron chi connectivity index (χ1n) is 2.10. The first-order valence-corrected chi connectivity index (χ1v) is 2.10. The minimum Gasteiger partial charge on any atom is -0.227 e. The van der Waals surface area contributed by atoms with E-state index in [-0.39, 0.29) is 0 Å². The molecule has 0 rings (SSSR count). The lowest BCUT2D eigenvalue weighted by Gasteiger charge is -2.17. The normalized spacial score (nSPS) is 16.6. The van der Waals surface area contributed by atoms with Gasteiger partial charge in [-0.25, -0.2) is 4.39 Å². The third kappa shape index (κ3) is 2.52. The molecule has 0 bridgehead atoms. The van der Waals surface area contributed by atoms with Gasteiger partial charge in [0.25, 0.3) is 6.17 Å². The maximum absolute atomic E-state index is 11.4. The van der Waals surface area contributed by atoms with Crippen LogP contribution in [0, 0.1) is 0 Å². The van der Waals surface area contributed by atoms with E-state index in [1.807, 2.05) is 0 Å². The fourth-order valence-electron chi connectivity index (χ4n) is 0.230. The van der Waals surface area contributed by atoms with Gasteiger partial charge in [0.05, 0.1) is 0 Å². The van der Waals surface area contributed by atoms with E-state index in [9.17, 15) is 30.9 Å². The molecule has 0 aliphatic rings. The van der Waals surface area contributed by atoms with Crippen molar-refractivity contribution < 1.29 is 35.8 Å². The van der Waals surface area contributed by atoms with Gasteiger partial charge in [0.15, 0.2) is 0 Å². The van der Waals surface area contributed by atoms with Crippen LogP contribution in [0.2, 0.25) is 0 Å². The van der Waals surface area contributed by atoms with Gasteiger partial charge in [-0.2, -0.15) is 22.0 Å². The Labute approximate surface area is 55.6 Å². The first-order chi connectivity index (χ1) is 4.72. The third-order valence-corrected chi connectivity index (χ3v) is 0.685. The Bertz CT molecular complexity index is 128. The van der Waals surface area contributed by atoms with Crippen molar-refractivity contribution in [3.05, 3.63) is 0 Å². The van der Waals surface area contributed by atoms with Crippen molar-refractivity contribution in [3.63, 3.8) is 0 Å². The summed E-state index contributed by atoms with van der Waals surface area (Å²) in [5.74, 6) is 0. The monoisotopic (exact) mass is 186 g/mol. The summed E-state index contributed by atoms with van der Waals surface area (Å²) < 4.78 is 77.8. The molecule has 0 heterocycles. The molecule has 0 aromatic heterocycles. The highest BCUT2D eigenvalue weighted by molar-refractivity contribution is 4.73. The quantitative estimate of drug-likeness (QED) is 0.601. The molecule has 0 aromatic rings. The summed E-state index contributed by atoms with van der Waals surface area (Å²) in [5, 5.41) is 0. The molecule has 0 aliphatic heterocycles. The minimum absolute atomic E-state index is 1.50. The van der Waals surface area contributed by atoms with Crippen molar-refractivity contribution in [2.75, 3.05) is 0 Å². The summed E-state index contributed by atoms with van der Waals surface area (Å²) in [6.07, 6.45) is -16.0. The number of alkyl halides is 6. The third-order valence-electron chi connectivity index (χ3n) is 0.685. The van der Waals surface area contributed by atoms with Crippen molar-refractivity contribution in [2.24, 2.45) is 0 Å². The van der Waals surface area contributed by atoms with Crippen LogP contribution in [-0.2, 0) is 4.94 Å². The average Bonchev–Trinajstić information content (AvgIpc) is 1.84. The van der Waals surface area contributed by atoms with Crippen molar-refractivity contribution in [3.8, 4) is 0 Å². The molecule has 1 unspecified atom stereocenters. The second-order valence-corrected chi connectivity index (χ2v) is 1.54. The van der Waals surface area contributed by atoms with Gasteiger partial charge in [0.1, 0.15) is 0 Å². The predicted molar refractivity (Wildman–Crippen MR) is 18.1 cm³/mol. The van der Waals surface area contributed by atoms with Crippen LogP contribution in [0.5, 0.6) is 0 Å². The van der Waals surface area contributed by atoms with E-state index < -0.39 is 18.5 Å². The number of hydrogen-bond donors (Lipinski definition) is 0. The molecule has 0 saturated carbocycles. The maximum Gasteiger partial charge on any atom is 0.428 e. The van der Waals surface area contributed by atoms with Crippen LogP contribution in [0.15, 0.2) is 0 Å². The number of hydrogen-bond acceptors (Lipinski definition) is 1. The molecule has 11 heavy (non-hydrogen) atoms. The van der Waals surface area contributed by atoms with Gasteiger partial charge >= 0.3 is 12.3 Å². The maximum atomic E-state index is 11.4. The highest BCUT2D eigenvalue weighted by Crippen LogP contribution is 2.35. The van der Waals surface area contributed by atoms with E-state index in [0.29, 0.717) is 0 Å². The van der Waals surface area contributed by atoms with Gasteiger partial charge in [0.2, 0.25) is 0 Å². The van der Waals surface area contributed by atoms with Crippen LogP contribution in [0.1, 0.15) is 0 Å². The summed E-state index contributed by atoms with van der Waals surface area (Å²) in [6.45, 7) is 0. The molecule has 1 nitrogen and oxygen atoms in total. The minimum atomic E-state index is -5.84. The lowest BCUT2D eigenvalue weighted by atomic mass is 10.3. The van der Waals surface area contributed by atoms with Crippen molar-refractivity contribution in [1.29, 1.82) is 0 Å². The van der Waals surface area contributed by atoms with Crippen LogP contribution in [-0.4, -0.2) is 18.5 Å². The molecular formula is C3HF7O. The molecule has 0 amide bonds. The predicted octanol–water partition coefficient (Wildman–Crippen LogP) is 2.38. The molecule has 0 N–H and O–H groups in total. The van der Waals surface area contributed by atoms with E-state index in [2.05, 4.69) is 0 Å². The molecule has 0 saturated heterocycles. The van der Waals surface area contributed by atoms with Gasteiger partial charge in [0, 0.05) is 0 Å². The fourth-order valence-corrected chi connectivity index (χ4v) is 0.230. The summed E-state index contributed by atoms with van der Waals surface area (Å²) in [4.78, 5) is 1.50. The summed E-state index contributed by atoms with van der Waals surface area (Å²) in [5.41, 5.74) is 0. The zero-order chi connectivity index (χ0) is 9.28. The Morgan fingerprint density at radius 3 is 1.45 bits per heavy atom. The van der Waals surface area contributed by atoms with Crippen LogP contribution in [0.4, 0.5) is 30.9 Å². The van der Waals surface area contributed by atoms with Crippen LogP contribution in [0.3, 0.4) is 0 Å². The average molecular weight is 186 g/mol. The van der Waals surface area contributed by atoms with E-state index in [0.717, 1.165) is 0 Å². The summed E-state index contributed by atoms with van der Waals surface area (Å²) in [7, 11) is 0. The Morgan fingerprint density at radius 1 is 1.00 bits per heavy atom. The molecule has 0 fully saturated rings. The molecule has 0 aromatic carbocycles. The largest absolute Gasteiger partial charge is 0.428 e. The van der Waals surface area contributed by atoms with E-state index >= 15 is 0 Å². The molecule has 0 radical (unpaired) electrons. The molecule has 0 spiro atoms. The zero-order valence-corrected chi connectivity index (χ0v) is 4.63. The van der Waals surface area contributed by atoms with Crippen molar-refractivity contribution in [2.45, 2.75) is 18.5 Å². The van der Waals surface area contributed by atoms with Crippen LogP contribution in [0.25, 0.3) is 0 Å². The van der Waals surface area contributed by atoms with E-state index in [1.165, 1.54) is 4.94 Å². The molecule has 68 valence electrons. The topological polar surface area (TPSA) is 9.23 Å². The Balaban J connectivity index is 4.35. The Hall–Kier alpha value is -0.530.